The lowest BCUT2D eigenvalue weighted by Gasteiger charge is -2.39. The van der Waals surface area contributed by atoms with Crippen LogP contribution in [-0.2, 0) is 4.79 Å². The number of piperidine rings is 2. The minimum Gasteiger partial charge on any atom is -0.481 e. The molecule has 2 aliphatic rings. The third-order valence-corrected chi connectivity index (χ3v) is 4.58. The predicted molar refractivity (Wildman–Crippen MR) is 75.6 cm³/mol. The summed E-state index contributed by atoms with van der Waals surface area (Å²) in [5, 5.41) is 9.10. The number of carbonyl (C=O) groups is 2. The van der Waals surface area contributed by atoms with Crippen molar-refractivity contribution in [1.29, 1.82) is 0 Å². The van der Waals surface area contributed by atoms with Crippen LogP contribution in [0.25, 0.3) is 0 Å². The largest absolute Gasteiger partial charge is 0.481 e. The molecule has 0 aromatic carbocycles. The van der Waals surface area contributed by atoms with Gasteiger partial charge in [-0.2, -0.15) is 0 Å². The van der Waals surface area contributed by atoms with E-state index in [-0.39, 0.29) is 12.1 Å². The van der Waals surface area contributed by atoms with E-state index in [0.29, 0.717) is 19.5 Å². The topological polar surface area (TPSA) is 64.1 Å². The van der Waals surface area contributed by atoms with E-state index in [0.717, 1.165) is 32.4 Å². The zero-order valence-corrected chi connectivity index (χ0v) is 12.4. The van der Waals surface area contributed by atoms with Crippen LogP contribution >= 0.6 is 0 Å². The molecule has 2 aliphatic heterocycles. The maximum Gasteiger partial charge on any atom is 0.320 e. The molecule has 2 heterocycles. The van der Waals surface area contributed by atoms with Crippen LogP contribution < -0.4 is 0 Å². The molecule has 2 saturated heterocycles. The molecular formula is C14H25N3O3. The Hall–Kier alpha value is -1.30. The first-order chi connectivity index (χ1) is 9.49. The number of carboxylic acids is 1. The third-order valence-electron chi connectivity index (χ3n) is 4.58. The molecule has 0 bridgehead atoms. The van der Waals surface area contributed by atoms with Gasteiger partial charge < -0.3 is 19.8 Å². The maximum atomic E-state index is 12.5. The number of hydrogen-bond acceptors (Lipinski definition) is 3. The van der Waals surface area contributed by atoms with Crippen molar-refractivity contribution in [3.63, 3.8) is 0 Å². The minimum absolute atomic E-state index is 0.00879. The number of aliphatic carboxylic acids is 1. The predicted octanol–water partition coefficient (Wildman–Crippen LogP) is 0.929. The summed E-state index contributed by atoms with van der Waals surface area (Å²) in [6, 6.07) is 0.273. The van der Waals surface area contributed by atoms with Crippen LogP contribution in [0.5, 0.6) is 0 Å². The number of hydrogen-bond donors (Lipinski definition) is 1. The highest BCUT2D eigenvalue weighted by atomic mass is 16.4. The fourth-order valence-corrected chi connectivity index (χ4v) is 3.11. The van der Waals surface area contributed by atoms with Crippen molar-refractivity contribution in [3.8, 4) is 0 Å². The second kappa shape index (κ2) is 6.43. The summed E-state index contributed by atoms with van der Waals surface area (Å²) in [5.41, 5.74) is 0. The normalized spacial score (nSPS) is 25.5. The highest BCUT2D eigenvalue weighted by molar-refractivity contribution is 5.76. The molecule has 0 aromatic heterocycles. The molecule has 0 radical (unpaired) electrons. The number of likely N-dealkylation sites (tertiary alicyclic amines) is 2. The van der Waals surface area contributed by atoms with E-state index in [1.807, 2.05) is 11.9 Å². The number of nitrogens with zero attached hydrogens (tertiary/aromatic N) is 3. The zero-order valence-electron chi connectivity index (χ0n) is 12.4. The average molecular weight is 283 g/mol. The van der Waals surface area contributed by atoms with Crippen molar-refractivity contribution in [1.82, 2.24) is 14.7 Å². The van der Waals surface area contributed by atoms with Crippen LogP contribution in [0.2, 0.25) is 0 Å². The van der Waals surface area contributed by atoms with Crippen molar-refractivity contribution < 1.29 is 14.7 Å². The number of carboxylic acid groups (broad SMARTS) is 1. The van der Waals surface area contributed by atoms with Crippen molar-refractivity contribution in [2.75, 3.05) is 40.3 Å². The first kappa shape index (κ1) is 15.1. The molecule has 2 rings (SSSR count). The van der Waals surface area contributed by atoms with E-state index < -0.39 is 11.9 Å². The van der Waals surface area contributed by atoms with Gasteiger partial charge in [0.15, 0.2) is 0 Å². The van der Waals surface area contributed by atoms with E-state index in [1.54, 1.807) is 4.90 Å². The lowest BCUT2D eigenvalue weighted by Crippen LogP contribution is -2.52. The summed E-state index contributed by atoms with van der Waals surface area (Å²) < 4.78 is 0. The summed E-state index contributed by atoms with van der Waals surface area (Å²) >= 11 is 0. The lowest BCUT2D eigenvalue weighted by molar-refractivity contribution is -0.143. The minimum atomic E-state index is -0.788. The van der Waals surface area contributed by atoms with E-state index in [9.17, 15) is 9.59 Å². The Morgan fingerprint density at radius 1 is 1.15 bits per heavy atom. The standard InChI is InChI=1S/C14H25N3O3/c1-15-8-5-12(6-9-15)16(2)14(20)17-7-3-4-11(10-17)13(18)19/h11-12H,3-10H2,1-2H3,(H,18,19)/t11-/m1/s1. The van der Waals surface area contributed by atoms with Crippen LogP contribution in [0.3, 0.4) is 0 Å². The van der Waals surface area contributed by atoms with E-state index in [1.165, 1.54) is 0 Å². The number of carbonyl (C=O) groups excluding carboxylic acids is 1. The van der Waals surface area contributed by atoms with Gasteiger partial charge >= 0.3 is 12.0 Å². The summed E-state index contributed by atoms with van der Waals surface area (Å²) in [7, 11) is 3.95. The smallest absolute Gasteiger partial charge is 0.320 e. The highest BCUT2D eigenvalue weighted by Gasteiger charge is 2.32. The van der Waals surface area contributed by atoms with E-state index in [2.05, 4.69) is 11.9 Å². The van der Waals surface area contributed by atoms with Gasteiger partial charge in [-0.05, 0) is 45.8 Å². The van der Waals surface area contributed by atoms with Crippen molar-refractivity contribution in [2.24, 2.45) is 5.92 Å². The molecule has 20 heavy (non-hydrogen) atoms. The molecular weight excluding hydrogens is 258 g/mol. The van der Waals surface area contributed by atoms with Crippen molar-refractivity contribution in [3.05, 3.63) is 0 Å². The second-order valence-corrected chi connectivity index (χ2v) is 6.05. The van der Waals surface area contributed by atoms with Gasteiger partial charge in [0, 0.05) is 26.2 Å². The molecule has 2 fully saturated rings. The molecule has 0 saturated carbocycles. The van der Waals surface area contributed by atoms with Gasteiger partial charge in [-0.1, -0.05) is 0 Å². The Morgan fingerprint density at radius 2 is 1.80 bits per heavy atom. The van der Waals surface area contributed by atoms with Gasteiger partial charge in [0.2, 0.25) is 0 Å². The SMILES string of the molecule is CN1CCC(N(C)C(=O)N2CCC[C@@H](C(=O)O)C2)CC1. The number of amides is 2. The second-order valence-electron chi connectivity index (χ2n) is 6.05. The molecule has 6 nitrogen and oxygen atoms in total. The van der Waals surface area contributed by atoms with Crippen molar-refractivity contribution in [2.45, 2.75) is 31.7 Å². The van der Waals surface area contributed by atoms with E-state index in [4.69, 9.17) is 5.11 Å². The van der Waals surface area contributed by atoms with Gasteiger partial charge in [-0.15, -0.1) is 0 Å². The van der Waals surface area contributed by atoms with E-state index >= 15 is 0 Å². The van der Waals surface area contributed by atoms with Gasteiger partial charge in [-0.3, -0.25) is 4.79 Å². The Kier molecular flexibility index (Phi) is 4.86. The Balaban J connectivity index is 1.91. The average Bonchev–Trinajstić information content (AvgIpc) is 2.46. The molecule has 0 aromatic rings. The zero-order chi connectivity index (χ0) is 14.7. The molecule has 1 atom stereocenters. The van der Waals surface area contributed by atoms with Crippen LogP contribution in [-0.4, -0.2) is 78.1 Å². The summed E-state index contributed by atoms with van der Waals surface area (Å²) in [6.07, 6.45) is 3.45. The van der Waals surface area contributed by atoms with Gasteiger partial charge in [0.1, 0.15) is 0 Å². The van der Waals surface area contributed by atoms with Gasteiger partial charge in [0.05, 0.1) is 5.92 Å². The third kappa shape index (κ3) is 3.42. The Bertz CT molecular complexity index is 367. The fourth-order valence-electron chi connectivity index (χ4n) is 3.11. The summed E-state index contributed by atoms with van der Waals surface area (Å²) in [5.74, 6) is -1.19. The lowest BCUT2D eigenvalue weighted by atomic mass is 9.98. The molecule has 114 valence electrons. The molecule has 6 heteroatoms. The quantitative estimate of drug-likeness (QED) is 0.819. The molecule has 0 unspecified atom stereocenters. The number of rotatable bonds is 2. The van der Waals surface area contributed by atoms with Gasteiger partial charge in [0.25, 0.3) is 0 Å². The van der Waals surface area contributed by atoms with Crippen LogP contribution in [0, 0.1) is 5.92 Å². The molecule has 1 N–H and O–H groups in total. The van der Waals surface area contributed by atoms with Crippen LogP contribution in [0.1, 0.15) is 25.7 Å². The van der Waals surface area contributed by atoms with Crippen LogP contribution in [0.15, 0.2) is 0 Å². The highest BCUT2D eigenvalue weighted by Crippen LogP contribution is 2.20. The van der Waals surface area contributed by atoms with Crippen LogP contribution in [0.4, 0.5) is 4.79 Å². The number of urea groups is 1. The monoisotopic (exact) mass is 283 g/mol. The molecule has 0 aliphatic carbocycles. The maximum absolute atomic E-state index is 12.5. The molecule has 0 spiro atoms. The fraction of sp³-hybridized carbons (Fsp3) is 0.857. The summed E-state index contributed by atoms with van der Waals surface area (Å²) in [4.78, 5) is 29.4. The van der Waals surface area contributed by atoms with Crippen molar-refractivity contribution >= 4 is 12.0 Å². The first-order valence-electron chi connectivity index (χ1n) is 7.42. The summed E-state index contributed by atoms with van der Waals surface area (Å²) in [6.45, 7) is 3.06. The first-order valence-corrected chi connectivity index (χ1v) is 7.42. The molecule has 2 amide bonds. The Labute approximate surface area is 120 Å². The Morgan fingerprint density at radius 3 is 2.40 bits per heavy atom. The van der Waals surface area contributed by atoms with Gasteiger partial charge in [-0.25, -0.2) is 4.79 Å².